The quantitative estimate of drug-likeness (QED) is 0.754. The fourth-order valence-electron chi connectivity index (χ4n) is 1.79. The van der Waals surface area contributed by atoms with Crippen molar-refractivity contribution in [2.75, 3.05) is 24.2 Å². The third-order valence-electron chi connectivity index (χ3n) is 2.83. The molecule has 1 aromatic rings. The van der Waals surface area contributed by atoms with E-state index in [4.69, 9.17) is 5.73 Å². The maximum Gasteiger partial charge on any atom is 0.165 e. The van der Waals surface area contributed by atoms with Crippen LogP contribution in [-0.2, 0) is 11.2 Å². The van der Waals surface area contributed by atoms with Gasteiger partial charge in [-0.05, 0) is 17.6 Å². The Kier molecular flexibility index (Phi) is 3.76. The first-order valence-corrected chi connectivity index (χ1v) is 7.62. The van der Waals surface area contributed by atoms with Crippen molar-refractivity contribution in [1.82, 2.24) is 0 Å². The van der Waals surface area contributed by atoms with Crippen molar-refractivity contribution in [3.63, 3.8) is 0 Å². The first-order chi connectivity index (χ1) is 7.58. The largest absolute Gasteiger partial charge is 0.612 e. The van der Waals surface area contributed by atoms with Crippen LogP contribution < -0.4 is 10.6 Å². The summed E-state index contributed by atoms with van der Waals surface area (Å²) in [6.07, 6.45) is 1.98. The van der Waals surface area contributed by atoms with Gasteiger partial charge in [0, 0.05) is 30.6 Å². The van der Waals surface area contributed by atoms with Gasteiger partial charge in [-0.3, -0.25) is 0 Å². The minimum Gasteiger partial charge on any atom is -0.612 e. The Hall–Kier alpha value is -0.270. The molecule has 2 heterocycles. The maximum atomic E-state index is 11.3. The maximum absolute atomic E-state index is 11.3. The molecule has 0 radical (unpaired) electrons. The number of hydrogen-bond donors (Lipinski definition) is 2. The van der Waals surface area contributed by atoms with Crippen LogP contribution in [0.15, 0.2) is 16.3 Å². The molecule has 0 bridgehead atoms. The van der Waals surface area contributed by atoms with E-state index >= 15 is 0 Å². The molecule has 0 saturated carbocycles. The highest BCUT2D eigenvalue weighted by atomic mass is 32.2. The Morgan fingerprint density at radius 3 is 3.00 bits per heavy atom. The Bertz CT molecular complexity index is 356. The number of anilines is 1. The molecular formula is C10H16N2O2S2. The molecule has 0 aliphatic carbocycles. The van der Waals surface area contributed by atoms with E-state index in [1.807, 2.05) is 11.4 Å². The lowest BCUT2D eigenvalue weighted by Gasteiger charge is -2.34. The van der Waals surface area contributed by atoms with Crippen LogP contribution in [0.25, 0.3) is 0 Å². The number of piperidine rings is 1. The van der Waals surface area contributed by atoms with Crippen molar-refractivity contribution in [2.45, 2.75) is 23.5 Å². The lowest BCUT2D eigenvalue weighted by molar-refractivity contribution is 0.125. The summed E-state index contributed by atoms with van der Waals surface area (Å²) < 4.78 is 11.3. The highest BCUT2D eigenvalue weighted by molar-refractivity contribution is 7.90. The number of aliphatic hydroxyl groups is 1. The van der Waals surface area contributed by atoms with Gasteiger partial charge in [-0.2, -0.15) is 0 Å². The average molecular weight is 260 g/mol. The van der Waals surface area contributed by atoms with Crippen LogP contribution in [-0.4, -0.2) is 41.2 Å². The van der Waals surface area contributed by atoms with Crippen LogP contribution in [0, 0.1) is 0 Å². The summed E-state index contributed by atoms with van der Waals surface area (Å²) in [6, 6.07) is 1.76. The van der Waals surface area contributed by atoms with Crippen molar-refractivity contribution in [2.24, 2.45) is 5.73 Å². The van der Waals surface area contributed by atoms with Crippen LogP contribution in [0.5, 0.6) is 0 Å². The highest BCUT2D eigenvalue weighted by Gasteiger charge is 2.26. The molecule has 0 aromatic carbocycles. The van der Waals surface area contributed by atoms with Gasteiger partial charge in [-0.15, -0.1) is 11.3 Å². The Labute approximate surface area is 102 Å². The summed E-state index contributed by atoms with van der Waals surface area (Å²) in [5.74, 6) is 0. The molecule has 0 spiro atoms. The molecule has 1 aliphatic heterocycles. The smallest absolute Gasteiger partial charge is 0.165 e. The van der Waals surface area contributed by atoms with Gasteiger partial charge in [-0.1, -0.05) is 0 Å². The zero-order valence-electron chi connectivity index (χ0n) is 9.13. The van der Waals surface area contributed by atoms with Gasteiger partial charge < -0.3 is 20.3 Å². The van der Waals surface area contributed by atoms with Gasteiger partial charge in [0.1, 0.15) is 6.26 Å². The lowest BCUT2D eigenvalue weighted by atomic mass is 10.0. The first-order valence-electron chi connectivity index (χ1n) is 5.18. The molecule has 3 unspecified atom stereocenters. The van der Waals surface area contributed by atoms with E-state index in [-0.39, 0.29) is 6.04 Å². The summed E-state index contributed by atoms with van der Waals surface area (Å²) in [5, 5.41) is 12.5. The Morgan fingerprint density at radius 2 is 2.44 bits per heavy atom. The van der Waals surface area contributed by atoms with Crippen LogP contribution in [0.3, 0.4) is 0 Å². The van der Waals surface area contributed by atoms with Crippen LogP contribution in [0.4, 0.5) is 5.00 Å². The van der Waals surface area contributed by atoms with Crippen molar-refractivity contribution in [1.29, 1.82) is 0 Å². The molecule has 1 aliphatic rings. The number of hydrogen-bond acceptors (Lipinski definition) is 5. The zero-order chi connectivity index (χ0) is 11.7. The number of rotatable bonds is 2. The number of nitrogens with zero attached hydrogens (tertiary/aromatic N) is 1. The van der Waals surface area contributed by atoms with Gasteiger partial charge in [0.15, 0.2) is 4.90 Å². The van der Waals surface area contributed by atoms with Gasteiger partial charge >= 0.3 is 0 Å². The van der Waals surface area contributed by atoms with E-state index in [2.05, 4.69) is 4.90 Å². The summed E-state index contributed by atoms with van der Waals surface area (Å²) in [7, 11) is 0. The van der Waals surface area contributed by atoms with Gasteiger partial charge in [0.05, 0.1) is 11.1 Å². The molecule has 6 heteroatoms. The number of thiophene rings is 1. The molecule has 1 aromatic heterocycles. The third kappa shape index (κ3) is 2.52. The Morgan fingerprint density at radius 1 is 1.69 bits per heavy atom. The monoisotopic (exact) mass is 260 g/mol. The number of nitrogens with two attached hydrogens (primary N) is 1. The van der Waals surface area contributed by atoms with Crippen molar-refractivity contribution < 1.29 is 9.66 Å². The molecule has 1 fully saturated rings. The predicted octanol–water partition coefficient (Wildman–Crippen LogP) is 0.384. The van der Waals surface area contributed by atoms with E-state index in [0.29, 0.717) is 13.0 Å². The van der Waals surface area contributed by atoms with Gasteiger partial charge in [0.25, 0.3) is 0 Å². The van der Waals surface area contributed by atoms with E-state index in [1.54, 1.807) is 17.6 Å². The fraction of sp³-hybridized carbons (Fsp3) is 0.600. The summed E-state index contributed by atoms with van der Waals surface area (Å²) in [6.45, 7) is 1.47. The fourth-order valence-corrected chi connectivity index (χ4v) is 3.65. The molecule has 4 nitrogen and oxygen atoms in total. The predicted molar refractivity (Wildman–Crippen MR) is 67.5 cm³/mol. The van der Waals surface area contributed by atoms with Crippen LogP contribution >= 0.6 is 11.3 Å². The highest BCUT2D eigenvalue weighted by Crippen LogP contribution is 2.29. The molecule has 3 N–H and O–H groups in total. The third-order valence-corrected chi connectivity index (χ3v) is 4.86. The summed E-state index contributed by atoms with van der Waals surface area (Å²) in [4.78, 5) is 3.01. The molecule has 16 heavy (non-hydrogen) atoms. The molecule has 90 valence electrons. The second-order valence-corrected chi connectivity index (χ2v) is 6.31. The first kappa shape index (κ1) is 12.2. The van der Waals surface area contributed by atoms with E-state index in [9.17, 15) is 9.66 Å². The molecule has 0 amide bonds. The average Bonchev–Trinajstić information content (AvgIpc) is 2.71. The van der Waals surface area contributed by atoms with Crippen molar-refractivity contribution in [3.8, 4) is 0 Å². The normalized spacial score (nSPS) is 28.1. The second-order valence-electron chi connectivity index (χ2n) is 4.04. The SMILES string of the molecule is C[S+]([O-])c1csc(N2CCC(O)C(N)C2)c1. The summed E-state index contributed by atoms with van der Waals surface area (Å²) in [5.41, 5.74) is 5.83. The van der Waals surface area contributed by atoms with E-state index in [0.717, 1.165) is 16.4 Å². The lowest BCUT2D eigenvalue weighted by Crippen LogP contribution is -2.51. The second kappa shape index (κ2) is 4.93. The minimum atomic E-state index is -0.925. The van der Waals surface area contributed by atoms with Crippen molar-refractivity contribution in [3.05, 3.63) is 11.4 Å². The number of aliphatic hydroxyl groups excluding tert-OH is 1. The van der Waals surface area contributed by atoms with Gasteiger partial charge in [0.2, 0.25) is 0 Å². The van der Waals surface area contributed by atoms with Gasteiger partial charge in [-0.25, -0.2) is 0 Å². The Balaban J connectivity index is 2.07. The van der Waals surface area contributed by atoms with Crippen molar-refractivity contribution >= 4 is 27.5 Å². The zero-order valence-corrected chi connectivity index (χ0v) is 10.8. The van der Waals surface area contributed by atoms with Crippen LogP contribution in [0.2, 0.25) is 0 Å². The standard InChI is InChI=1S/C10H16N2O2S2/c1-16(14)7-4-10(15-6-7)12-3-2-9(13)8(11)5-12/h4,6,8-9,13H,2-3,5,11H2,1H3. The molecule has 3 atom stereocenters. The minimum absolute atomic E-state index is 0.188. The molecular weight excluding hydrogens is 244 g/mol. The molecule has 1 saturated heterocycles. The molecule has 2 rings (SSSR count). The van der Waals surface area contributed by atoms with E-state index < -0.39 is 17.3 Å². The topological polar surface area (TPSA) is 72.5 Å². The van der Waals surface area contributed by atoms with E-state index in [1.165, 1.54) is 0 Å². The van der Waals surface area contributed by atoms with Crippen LogP contribution in [0.1, 0.15) is 6.42 Å². The summed E-state index contributed by atoms with van der Waals surface area (Å²) >= 11 is 0.658.